The van der Waals surface area contributed by atoms with E-state index in [4.69, 9.17) is 9.47 Å². The molecule has 0 spiro atoms. The van der Waals surface area contributed by atoms with E-state index in [0.29, 0.717) is 40.1 Å². The van der Waals surface area contributed by atoms with Gasteiger partial charge in [0.25, 0.3) is 5.56 Å². The van der Waals surface area contributed by atoms with Gasteiger partial charge in [0.2, 0.25) is 0 Å². The Morgan fingerprint density at radius 3 is 2.62 bits per heavy atom. The molecule has 0 radical (unpaired) electrons. The van der Waals surface area contributed by atoms with Crippen LogP contribution in [0.25, 0.3) is 10.2 Å². The lowest BCUT2D eigenvalue weighted by atomic mass is 10.2. The molecule has 2 unspecified atom stereocenters. The van der Waals surface area contributed by atoms with Gasteiger partial charge in [-0.05, 0) is 39.2 Å². The quantitative estimate of drug-likeness (QED) is 0.685. The smallest absolute Gasteiger partial charge is 0.348 e. The number of carbonyl (C=O) groups excluding carboxylic acids is 2. The number of fused-ring (bicyclic) bond motifs is 1. The van der Waals surface area contributed by atoms with E-state index < -0.39 is 18.0 Å². The highest BCUT2D eigenvalue weighted by molar-refractivity contribution is 7.20. The van der Waals surface area contributed by atoms with E-state index in [1.807, 2.05) is 20.8 Å². The Hall–Kier alpha value is -2.22. The Morgan fingerprint density at radius 2 is 2.00 bits per heavy atom. The van der Waals surface area contributed by atoms with Gasteiger partial charge in [-0.1, -0.05) is 13.8 Å². The molecule has 2 aromatic heterocycles. The van der Waals surface area contributed by atoms with Crippen molar-refractivity contribution in [1.29, 1.82) is 0 Å². The van der Waals surface area contributed by atoms with E-state index in [1.165, 1.54) is 10.9 Å². The van der Waals surface area contributed by atoms with Crippen LogP contribution in [0.3, 0.4) is 0 Å². The summed E-state index contributed by atoms with van der Waals surface area (Å²) in [6.07, 6.45) is 2.53. The van der Waals surface area contributed by atoms with Crippen molar-refractivity contribution in [3.63, 3.8) is 0 Å². The first kappa shape index (κ1) is 20.1. The van der Waals surface area contributed by atoms with Gasteiger partial charge in [0.15, 0.2) is 0 Å². The summed E-state index contributed by atoms with van der Waals surface area (Å²) in [6, 6.07) is -0.791. The van der Waals surface area contributed by atoms with Crippen molar-refractivity contribution in [1.82, 2.24) is 9.55 Å². The third-order valence-corrected chi connectivity index (χ3v) is 5.33. The van der Waals surface area contributed by atoms with E-state index in [0.717, 1.165) is 11.3 Å². The zero-order valence-electron chi connectivity index (χ0n) is 15.7. The van der Waals surface area contributed by atoms with Crippen LogP contribution in [0.4, 0.5) is 0 Å². The predicted molar refractivity (Wildman–Crippen MR) is 99.7 cm³/mol. The molecule has 0 saturated carbocycles. The number of hydrogen-bond donors (Lipinski definition) is 0. The van der Waals surface area contributed by atoms with Crippen molar-refractivity contribution in [3.05, 3.63) is 27.1 Å². The lowest BCUT2D eigenvalue weighted by Gasteiger charge is -2.13. The molecule has 26 heavy (non-hydrogen) atoms. The molecule has 0 amide bonds. The maximum Gasteiger partial charge on any atom is 0.348 e. The Morgan fingerprint density at radius 1 is 1.31 bits per heavy atom. The van der Waals surface area contributed by atoms with Gasteiger partial charge < -0.3 is 9.47 Å². The molecule has 0 N–H and O–H groups in total. The maximum absolute atomic E-state index is 12.9. The third kappa shape index (κ3) is 3.95. The second-order valence-electron chi connectivity index (χ2n) is 6.16. The normalized spacial score (nSPS) is 13.4. The summed E-state index contributed by atoms with van der Waals surface area (Å²) in [4.78, 5) is 42.3. The van der Waals surface area contributed by atoms with Crippen molar-refractivity contribution >= 4 is 33.5 Å². The van der Waals surface area contributed by atoms with Crippen LogP contribution in [0, 0.1) is 6.92 Å². The van der Waals surface area contributed by atoms with Crippen LogP contribution in [0.2, 0.25) is 0 Å². The standard InChI is InChI=1S/C18H24N2O5S/c1-6-8-24-17(22)12(5)20-9-19-15-13(16(20)21)11(4)14(26-15)18(23)25-10(3)7-2/h9-10,12H,6-8H2,1-5H3. The highest BCUT2D eigenvalue weighted by atomic mass is 32.1. The lowest BCUT2D eigenvalue weighted by molar-refractivity contribution is -0.147. The minimum atomic E-state index is -0.791. The molecule has 0 aliphatic heterocycles. The van der Waals surface area contributed by atoms with Gasteiger partial charge in [-0.3, -0.25) is 9.36 Å². The number of rotatable bonds is 7. The topological polar surface area (TPSA) is 87.5 Å². The van der Waals surface area contributed by atoms with Crippen LogP contribution in [0.15, 0.2) is 11.1 Å². The fraction of sp³-hybridized carbons (Fsp3) is 0.556. The lowest BCUT2D eigenvalue weighted by Crippen LogP contribution is -2.29. The number of aryl methyl sites for hydroxylation is 1. The Balaban J connectivity index is 2.42. The maximum atomic E-state index is 12.9. The van der Waals surface area contributed by atoms with Gasteiger partial charge in [0.1, 0.15) is 15.7 Å². The van der Waals surface area contributed by atoms with Crippen molar-refractivity contribution in [2.75, 3.05) is 6.61 Å². The summed E-state index contributed by atoms with van der Waals surface area (Å²) in [5.74, 6) is -0.944. The SMILES string of the molecule is CCCOC(=O)C(C)n1cnc2sc(C(=O)OC(C)CC)c(C)c2c1=O. The molecular weight excluding hydrogens is 356 g/mol. The molecule has 142 valence electrons. The van der Waals surface area contributed by atoms with E-state index >= 15 is 0 Å². The first-order valence-corrected chi connectivity index (χ1v) is 9.51. The zero-order valence-corrected chi connectivity index (χ0v) is 16.5. The molecule has 2 aromatic rings. The largest absolute Gasteiger partial charge is 0.464 e. The molecular formula is C18H24N2O5S. The fourth-order valence-corrected chi connectivity index (χ4v) is 3.39. The van der Waals surface area contributed by atoms with Crippen molar-refractivity contribution in [3.8, 4) is 0 Å². The van der Waals surface area contributed by atoms with Crippen LogP contribution in [-0.4, -0.2) is 34.2 Å². The number of aromatic nitrogens is 2. The molecule has 0 bridgehead atoms. The fourth-order valence-electron chi connectivity index (χ4n) is 2.36. The Bertz CT molecular complexity index is 870. The average Bonchev–Trinajstić information content (AvgIpc) is 2.96. The zero-order chi connectivity index (χ0) is 19.4. The molecule has 0 fully saturated rings. The van der Waals surface area contributed by atoms with Crippen LogP contribution < -0.4 is 5.56 Å². The van der Waals surface area contributed by atoms with Crippen molar-refractivity contribution < 1.29 is 19.1 Å². The number of hydrogen-bond acceptors (Lipinski definition) is 7. The molecule has 8 heteroatoms. The first-order valence-electron chi connectivity index (χ1n) is 8.69. The number of nitrogens with zero attached hydrogens (tertiary/aromatic N) is 2. The van der Waals surface area contributed by atoms with Gasteiger partial charge in [-0.2, -0.15) is 0 Å². The van der Waals surface area contributed by atoms with Crippen LogP contribution in [0.5, 0.6) is 0 Å². The summed E-state index contributed by atoms with van der Waals surface area (Å²) in [6.45, 7) is 9.22. The number of carbonyl (C=O) groups is 2. The summed E-state index contributed by atoms with van der Waals surface area (Å²) in [5, 5.41) is 0.337. The molecule has 0 aliphatic carbocycles. The van der Waals surface area contributed by atoms with Gasteiger partial charge in [0.05, 0.1) is 24.4 Å². The predicted octanol–water partition coefficient (Wildman–Crippen LogP) is 3.24. The van der Waals surface area contributed by atoms with Gasteiger partial charge >= 0.3 is 11.9 Å². The molecule has 2 rings (SSSR count). The minimum Gasteiger partial charge on any atom is -0.464 e. The average molecular weight is 380 g/mol. The van der Waals surface area contributed by atoms with Gasteiger partial charge in [-0.25, -0.2) is 14.6 Å². The van der Waals surface area contributed by atoms with Gasteiger partial charge in [0, 0.05) is 0 Å². The molecule has 0 saturated heterocycles. The monoisotopic (exact) mass is 380 g/mol. The first-order chi connectivity index (χ1) is 12.3. The highest BCUT2D eigenvalue weighted by Crippen LogP contribution is 2.28. The second kappa shape index (κ2) is 8.44. The minimum absolute atomic E-state index is 0.204. The van der Waals surface area contributed by atoms with Crippen molar-refractivity contribution in [2.24, 2.45) is 0 Å². The molecule has 2 heterocycles. The third-order valence-electron chi connectivity index (χ3n) is 4.15. The highest BCUT2D eigenvalue weighted by Gasteiger charge is 2.24. The summed E-state index contributed by atoms with van der Waals surface area (Å²) < 4.78 is 11.7. The van der Waals surface area contributed by atoms with Crippen LogP contribution >= 0.6 is 11.3 Å². The van der Waals surface area contributed by atoms with E-state index in [1.54, 1.807) is 13.8 Å². The Kier molecular flexibility index (Phi) is 6.52. The van der Waals surface area contributed by atoms with Gasteiger partial charge in [-0.15, -0.1) is 11.3 Å². The summed E-state index contributed by atoms with van der Waals surface area (Å²) in [7, 11) is 0. The van der Waals surface area contributed by atoms with E-state index in [-0.39, 0.29) is 11.7 Å². The molecule has 0 aromatic carbocycles. The molecule has 7 nitrogen and oxygen atoms in total. The van der Waals surface area contributed by atoms with Crippen LogP contribution in [-0.2, 0) is 14.3 Å². The summed E-state index contributed by atoms with van der Waals surface area (Å²) in [5.41, 5.74) is 0.159. The van der Waals surface area contributed by atoms with Crippen LogP contribution in [0.1, 0.15) is 61.8 Å². The number of ether oxygens (including phenoxy) is 2. The molecule has 2 atom stereocenters. The van der Waals surface area contributed by atoms with E-state index in [9.17, 15) is 14.4 Å². The Labute approximate surface area is 155 Å². The molecule has 0 aliphatic rings. The van der Waals surface area contributed by atoms with Crippen molar-refractivity contribution in [2.45, 2.75) is 59.6 Å². The van der Waals surface area contributed by atoms with E-state index in [2.05, 4.69) is 4.98 Å². The second-order valence-corrected chi connectivity index (χ2v) is 7.16. The number of esters is 2. The number of thiophene rings is 1. The summed E-state index contributed by atoms with van der Waals surface area (Å²) >= 11 is 1.13.